The molecule has 0 amide bonds. The second-order valence-electron chi connectivity index (χ2n) is 4.15. The van der Waals surface area contributed by atoms with Crippen LogP contribution in [0.15, 0.2) is 46.1 Å². The van der Waals surface area contributed by atoms with Gasteiger partial charge in [0.25, 0.3) is 0 Å². The summed E-state index contributed by atoms with van der Waals surface area (Å²) in [6.07, 6.45) is 6.61. The Balaban J connectivity index is 2.03. The molecule has 0 spiro atoms. The monoisotopic (exact) mass is 226 g/mol. The molecular weight excluding hydrogens is 216 g/mol. The molecule has 1 saturated carbocycles. The number of aliphatic imine (C=N–C) groups is 1. The number of carbonyl (C=O) groups excluding carboxylic acids is 1. The molecule has 0 N–H and O–H groups in total. The summed E-state index contributed by atoms with van der Waals surface area (Å²) in [5.41, 5.74) is 1.58. The van der Waals surface area contributed by atoms with Crippen molar-refractivity contribution >= 4 is 6.08 Å². The number of oxazole rings is 1. The molecule has 84 valence electrons. The number of nitrogens with zero attached hydrogens (tertiary/aromatic N) is 2. The third-order valence-electron chi connectivity index (χ3n) is 3.06. The van der Waals surface area contributed by atoms with E-state index in [2.05, 4.69) is 9.98 Å². The molecule has 1 aliphatic rings. The van der Waals surface area contributed by atoms with E-state index in [1.807, 2.05) is 24.3 Å². The van der Waals surface area contributed by atoms with Crippen molar-refractivity contribution in [2.75, 3.05) is 0 Å². The fraction of sp³-hybridized carbons (Fsp3) is 0.231. The van der Waals surface area contributed by atoms with Crippen molar-refractivity contribution in [3.63, 3.8) is 0 Å². The van der Waals surface area contributed by atoms with Crippen LogP contribution in [-0.2, 0) is 10.3 Å². The van der Waals surface area contributed by atoms with Gasteiger partial charge in [0.05, 0.1) is 11.7 Å². The van der Waals surface area contributed by atoms with E-state index in [0.717, 1.165) is 24.0 Å². The van der Waals surface area contributed by atoms with Gasteiger partial charge in [-0.1, -0.05) is 12.1 Å². The standard InChI is InChI=1S/C13H10N2O2/c16-9-15-13(4-5-13)11-3-1-2-10(8-11)12-14-6-7-17-12/h1-3,6-8H,4-5H2. The zero-order chi connectivity index (χ0) is 11.7. The van der Waals surface area contributed by atoms with Gasteiger partial charge in [0.15, 0.2) is 0 Å². The van der Waals surface area contributed by atoms with E-state index in [4.69, 9.17) is 4.42 Å². The fourth-order valence-corrected chi connectivity index (χ4v) is 1.98. The van der Waals surface area contributed by atoms with E-state index in [9.17, 15) is 4.79 Å². The second-order valence-corrected chi connectivity index (χ2v) is 4.15. The van der Waals surface area contributed by atoms with Crippen molar-refractivity contribution in [3.05, 3.63) is 42.3 Å². The van der Waals surface area contributed by atoms with Gasteiger partial charge < -0.3 is 4.42 Å². The van der Waals surface area contributed by atoms with Crippen molar-refractivity contribution in [3.8, 4) is 11.5 Å². The van der Waals surface area contributed by atoms with Gasteiger partial charge in [-0.2, -0.15) is 4.99 Å². The largest absolute Gasteiger partial charge is 0.445 e. The predicted molar refractivity (Wildman–Crippen MR) is 61.0 cm³/mol. The lowest BCUT2D eigenvalue weighted by molar-refractivity contribution is 0.556. The Morgan fingerprint density at radius 1 is 1.41 bits per heavy atom. The molecule has 0 bridgehead atoms. The minimum absolute atomic E-state index is 0.343. The first-order valence-corrected chi connectivity index (χ1v) is 5.43. The molecule has 4 nitrogen and oxygen atoms in total. The highest BCUT2D eigenvalue weighted by molar-refractivity contribution is 5.56. The second kappa shape index (κ2) is 3.68. The first-order valence-electron chi connectivity index (χ1n) is 5.43. The van der Waals surface area contributed by atoms with Gasteiger partial charge in [0.2, 0.25) is 12.0 Å². The maximum absolute atomic E-state index is 10.4. The van der Waals surface area contributed by atoms with Crippen LogP contribution in [0.25, 0.3) is 11.5 Å². The smallest absolute Gasteiger partial charge is 0.235 e. The number of rotatable bonds is 3. The maximum atomic E-state index is 10.4. The third-order valence-corrected chi connectivity index (χ3v) is 3.06. The quantitative estimate of drug-likeness (QED) is 0.597. The average molecular weight is 226 g/mol. The van der Waals surface area contributed by atoms with Gasteiger partial charge in [-0.25, -0.2) is 9.78 Å². The zero-order valence-electron chi connectivity index (χ0n) is 9.09. The Hall–Kier alpha value is -2.19. The summed E-state index contributed by atoms with van der Waals surface area (Å²) in [5, 5.41) is 0. The molecule has 0 radical (unpaired) electrons. The molecule has 0 unspecified atom stereocenters. The number of benzene rings is 1. The van der Waals surface area contributed by atoms with E-state index >= 15 is 0 Å². The van der Waals surface area contributed by atoms with Crippen LogP contribution in [-0.4, -0.2) is 11.1 Å². The summed E-state index contributed by atoms with van der Waals surface area (Å²) < 4.78 is 5.25. The van der Waals surface area contributed by atoms with Crippen LogP contribution in [0.4, 0.5) is 0 Å². The molecule has 3 rings (SSSR count). The molecule has 1 aromatic carbocycles. The van der Waals surface area contributed by atoms with E-state index in [1.54, 1.807) is 18.5 Å². The highest BCUT2D eigenvalue weighted by atomic mass is 16.3. The first-order chi connectivity index (χ1) is 8.34. The Bertz CT molecular complexity index is 579. The highest BCUT2D eigenvalue weighted by Gasteiger charge is 2.44. The molecule has 17 heavy (non-hydrogen) atoms. The van der Waals surface area contributed by atoms with E-state index in [0.29, 0.717) is 5.89 Å². The molecule has 2 aromatic rings. The lowest BCUT2D eigenvalue weighted by Crippen LogP contribution is -2.01. The molecular formula is C13H10N2O2. The van der Waals surface area contributed by atoms with Crippen LogP contribution in [0, 0.1) is 0 Å². The summed E-state index contributed by atoms with van der Waals surface area (Å²) in [6.45, 7) is 0. The van der Waals surface area contributed by atoms with Gasteiger partial charge in [-0.3, -0.25) is 0 Å². The molecule has 0 aliphatic heterocycles. The number of aromatic nitrogens is 1. The molecule has 1 aromatic heterocycles. The molecule has 4 heteroatoms. The van der Waals surface area contributed by atoms with Crippen molar-refractivity contribution < 1.29 is 9.21 Å². The Kier molecular flexibility index (Phi) is 2.16. The molecule has 0 atom stereocenters. The maximum Gasteiger partial charge on any atom is 0.235 e. The Morgan fingerprint density at radius 3 is 2.94 bits per heavy atom. The van der Waals surface area contributed by atoms with Crippen LogP contribution >= 0.6 is 0 Å². The van der Waals surface area contributed by atoms with Gasteiger partial charge >= 0.3 is 0 Å². The van der Waals surface area contributed by atoms with Gasteiger partial charge in [-0.15, -0.1) is 0 Å². The lowest BCUT2D eigenvalue weighted by atomic mass is 10.0. The summed E-state index contributed by atoms with van der Waals surface area (Å²) >= 11 is 0. The van der Waals surface area contributed by atoms with Crippen LogP contribution in [0.2, 0.25) is 0 Å². The van der Waals surface area contributed by atoms with Crippen molar-refractivity contribution in [1.82, 2.24) is 4.98 Å². The SMILES string of the molecule is O=C=NC1(c2cccc(-c3ncco3)c2)CC1. The average Bonchev–Trinajstić information content (AvgIpc) is 2.94. The van der Waals surface area contributed by atoms with Crippen molar-refractivity contribution in [2.45, 2.75) is 18.4 Å². The van der Waals surface area contributed by atoms with Gasteiger partial charge in [0.1, 0.15) is 6.26 Å². The highest BCUT2D eigenvalue weighted by Crippen LogP contribution is 2.49. The molecule has 1 aliphatic carbocycles. The van der Waals surface area contributed by atoms with Crippen molar-refractivity contribution in [1.29, 1.82) is 0 Å². The Labute approximate surface area is 98.0 Å². The predicted octanol–water partition coefficient (Wildman–Crippen LogP) is 2.67. The van der Waals surface area contributed by atoms with E-state index < -0.39 is 0 Å². The summed E-state index contributed by atoms with van der Waals surface area (Å²) in [4.78, 5) is 18.4. The van der Waals surface area contributed by atoms with Gasteiger partial charge in [0, 0.05) is 5.56 Å². The first kappa shape index (κ1) is 10.00. The molecule has 1 fully saturated rings. The van der Waals surface area contributed by atoms with E-state index in [1.165, 1.54) is 0 Å². The number of isocyanates is 1. The van der Waals surface area contributed by atoms with Crippen LogP contribution in [0.5, 0.6) is 0 Å². The van der Waals surface area contributed by atoms with Gasteiger partial charge in [-0.05, 0) is 30.5 Å². The topological polar surface area (TPSA) is 55.5 Å². The lowest BCUT2D eigenvalue weighted by Gasteiger charge is -2.08. The minimum atomic E-state index is -0.343. The van der Waals surface area contributed by atoms with Crippen molar-refractivity contribution in [2.24, 2.45) is 4.99 Å². The molecule has 0 saturated heterocycles. The Morgan fingerprint density at radius 2 is 2.29 bits per heavy atom. The summed E-state index contributed by atoms with van der Waals surface area (Å²) in [6, 6.07) is 7.80. The summed E-state index contributed by atoms with van der Waals surface area (Å²) in [5.74, 6) is 0.581. The van der Waals surface area contributed by atoms with E-state index in [-0.39, 0.29) is 5.54 Å². The zero-order valence-corrected chi connectivity index (χ0v) is 9.09. The van der Waals surface area contributed by atoms with Crippen LogP contribution < -0.4 is 0 Å². The van der Waals surface area contributed by atoms with Crippen LogP contribution in [0.3, 0.4) is 0 Å². The number of hydrogen-bond donors (Lipinski definition) is 0. The number of hydrogen-bond acceptors (Lipinski definition) is 4. The summed E-state index contributed by atoms with van der Waals surface area (Å²) in [7, 11) is 0. The third kappa shape index (κ3) is 1.69. The fourth-order valence-electron chi connectivity index (χ4n) is 1.98. The minimum Gasteiger partial charge on any atom is -0.445 e. The normalized spacial score (nSPS) is 16.2. The van der Waals surface area contributed by atoms with Crippen LogP contribution in [0.1, 0.15) is 18.4 Å². The molecule has 1 heterocycles.